The molecule has 11 heavy (non-hydrogen) atoms. The van der Waals surface area contributed by atoms with Crippen molar-refractivity contribution in [2.45, 2.75) is 38.2 Å². The summed E-state index contributed by atoms with van der Waals surface area (Å²) >= 11 is 5.58. The molecule has 1 radical (unpaired) electrons. The standard InChI is InChI=1S/C8H14ClO2/c1-5-6(9)7(10)11-8(2,3)4/h6H,1,5H2,2-4H3. The van der Waals surface area contributed by atoms with Crippen LogP contribution in [0, 0.1) is 6.92 Å². The number of hydrogen-bond acceptors (Lipinski definition) is 2. The molecule has 2 nitrogen and oxygen atoms in total. The second kappa shape index (κ2) is 3.96. The molecular weight excluding hydrogens is 164 g/mol. The fourth-order valence-electron chi connectivity index (χ4n) is 0.484. The molecule has 0 fully saturated rings. The lowest BCUT2D eigenvalue weighted by molar-refractivity contribution is -0.154. The molecule has 0 heterocycles. The van der Waals surface area contributed by atoms with Crippen LogP contribution in [0.5, 0.6) is 0 Å². The number of ether oxygens (including phenoxy) is 1. The van der Waals surface area contributed by atoms with Gasteiger partial charge in [0, 0.05) is 0 Å². The summed E-state index contributed by atoms with van der Waals surface area (Å²) in [4.78, 5) is 11.0. The predicted molar refractivity (Wildman–Crippen MR) is 45.5 cm³/mol. The molecule has 0 aromatic heterocycles. The third-order valence-corrected chi connectivity index (χ3v) is 1.31. The van der Waals surface area contributed by atoms with Crippen molar-refractivity contribution in [1.29, 1.82) is 0 Å². The molecule has 0 aromatic carbocycles. The molecule has 1 atom stereocenters. The topological polar surface area (TPSA) is 26.3 Å². The van der Waals surface area contributed by atoms with Crippen LogP contribution in [0.4, 0.5) is 0 Å². The first-order valence-corrected chi connectivity index (χ1v) is 3.96. The van der Waals surface area contributed by atoms with Crippen LogP contribution in [0.3, 0.4) is 0 Å². The minimum absolute atomic E-state index is 0.358. The smallest absolute Gasteiger partial charge is 0.324 e. The van der Waals surface area contributed by atoms with Crippen LogP contribution in [0.1, 0.15) is 27.2 Å². The Morgan fingerprint density at radius 1 is 1.64 bits per heavy atom. The molecule has 0 saturated heterocycles. The van der Waals surface area contributed by atoms with Gasteiger partial charge in [-0.2, -0.15) is 0 Å². The van der Waals surface area contributed by atoms with Crippen LogP contribution in [-0.4, -0.2) is 16.9 Å². The molecule has 0 rings (SSSR count). The Kier molecular flexibility index (Phi) is 3.87. The summed E-state index contributed by atoms with van der Waals surface area (Å²) in [5.74, 6) is -0.394. The molecule has 0 aromatic rings. The maximum Gasteiger partial charge on any atom is 0.324 e. The molecule has 65 valence electrons. The van der Waals surface area contributed by atoms with Gasteiger partial charge in [0.1, 0.15) is 11.0 Å². The van der Waals surface area contributed by atoms with Crippen molar-refractivity contribution < 1.29 is 9.53 Å². The number of hydrogen-bond donors (Lipinski definition) is 0. The van der Waals surface area contributed by atoms with Crippen molar-refractivity contribution in [3.63, 3.8) is 0 Å². The maximum atomic E-state index is 11.0. The van der Waals surface area contributed by atoms with E-state index in [-0.39, 0.29) is 0 Å². The zero-order chi connectivity index (χ0) is 9.07. The zero-order valence-electron chi connectivity index (χ0n) is 7.19. The van der Waals surface area contributed by atoms with E-state index in [9.17, 15) is 4.79 Å². The monoisotopic (exact) mass is 177 g/mol. The van der Waals surface area contributed by atoms with Crippen LogP contribution >= 0.6 is 11.6 Å². The van der Waals surface area contributed by atoms with Crippen molar-refractivity contribution >= 4 is 17.6 Å². The molecule has 0 bridgehead atoms. The average Bonchev–Trinajstić information content (AvgIpc) is 1.82. The summed E-state index contributed by atoms with van der Waals surface area (Å²) in [6, 6.07) is 0. The van der Waals surface area contributed by atoms with Gasteiger partial charge in [0.2, 0.25) is 0 Å². The van der Waals surface area contributed by atoms with Gasteiger partial charge in [-0.1, -0.05) is 6.92 Å². The van der Waals surface area contributed by atoms with E-state index in [0.717, 1.165) is 0 Å². The Labute approximate surface area is 72.9 Å². The molecule has 1 unspecified atom stereocenters. The highest BCUT2D eigenvalue weighted by molar-refractivity contribution is 6.29. The van der Waals surface area contributed by atoms with Gasteiger partial charge in [-0.15, -0.1) is 11.6 Å². The first-order valence-electron chi connectivity index (χ1n) is 3.53. The Balaban J connectivity index is 3.88. The largest absolute Gasteiger partial charge is 0.459 e. The molecular formula is C8H14ClO2. The Bertz CT molecular complexity index is 138. The number of carbonyl (C=O) groups is 1. The number of alkyl halides is 1. The second-order valence-corrected chi connectivity index (χ2v) is 3.82. The summed E-state index contributed by atoms with van der Waals surface area (Å²) in [6.07, 6.45) is 0.358. The van der Waals surface area contributed by atoms with Crippen molar-refractivity contribution in [3.05, 3.63) is 6.92 Å². The van der Waals surface area contributed by atoms with Gasteiger partial charge in [0.25, 0.3) is 0 Å². The number of rotatable bonds is 2. The van der Waals surface area contributed by atoms with Gasteiger partial charge in [0.15, 0.2) is 0 Å². The number of esters is 1. The van der Waals surface area contributed by atoms with E-state index >= 15 is 0 Å². The molecule has 0 aliphatic rings. The summed E-state index contributed by atoms with van der Waals surface area (Å²) in [5, 5.41) is -0.616. The Morgan fingerprint density at radius 2 is 2.09 bits per heavy atom. The van der Waals surface area contributed by atoms with Crippen molar-refractivity contribution in [2.24, 2.45) is 0 Å². The summed E-state index contributed by atoms with van der Waals surface area (Å²) in [6.45, 7) is 8.91. The molecule has 0 aliphatic carbocycles. The minimum atomic E-state index is -0.616. The van der Waals surface area contributed by atoms with Gasteiger partial charge in [-0.3, -0.25) is 4.79 Å². The lowest BCUT2D eigenvalue weighted by Gasteiger charge is -2.20. The highest BCUT2D eigenvalue weighted by Gasteiger charge is 2.21. The highest BCUT2D eigenvalue weighted by atomic mass is 35.5. The quantitative estimate of drug-likeness (QED) is 0.477. The average molecular weight is 178 g/mol. The lowest BCUT2D eigenvalue weighted by atomic mass is 10.2. The Hall–Kier alpha value is -0.240. The lowest BCUT2D eigenvalue weighted by Crippen LogP contribution is -2.28. The van der Waals surface area contributed by atoms with Crippen LogP contribution in [0.25, 0.3) is 0 Å². The van der Waals surface area contributed by atoms with Gasteiger partial charge in [-0.05, 0) is 27.2 Å². The van der Waals surface area contributed by atoms with Crippen molar-refractivity contribution in [2.75, 3.05) is 0 Å². The third-order valence-electron chi connectivity index (χ3n) is 0.916. The first-order chi connectivity index (χ1) is 4.87. The first kappa shape index (κ1) is 10.8. The molecule has 0 saturated carbocycles. The van der Waals surface area contributed by atoms with E-state index in [1.54, 1.807) is 20.8 Å². The highest BCUT2D eigenvalue weighted by Crippen LogP contribution is 2.12. The fraction of sp³-hybridized carbons (Fsp3) is 0.750. The van der Waals surface area contributed by atoms with Crippen LogP contribution in [0.2, 0.25) is 0 Å². The number of carbonyl (C=O) groups excluding carboxylic acids is 1. The van der Waals surface area contributed by atoms with Crippen LogP contribution in [-0.2, 0) is 9.53 Å². The van der Waals surface area contributed by atoms with Gasteiger partial charge in [0.05, 0.1) is 0 Å². The second-order valence-electron chi connectivity index (χ2n) is 3.29. The summed E-state index contributed by atoms with van der Waals surface area (Å²) in [5.41, 5.74) is -0.459. The van der Waals surface area contributed by atoms with Crippen molar-refractivity contribution in [1.82, 2.24) is 0 Å². The maximum absolute atomic E-state index is 11.0. The van der Waals surface area contributed by atoms with E-state index in [2.05, 4.69) is 6.92 Å². The predicted octanol–water partition coefficient (Wildman–Crippen LogP) is 2.16. The van der Waals surface area contributed by atoms with E-state index < -0.39 is 16.9 Å². The molecule has 3 heteroatoms. The minimum Gasteiger partial charge on any atom is -0.459 e. The van der Waals surface area contributed by atoms with Crippen LogP contribution in [0.15, 0.2) is 0 Å². The fourth-order valence-corrected chi connectivity index (χ4v) is 0.528. The van der Waals surface area contributed by atoms with Gasteiger partial charge in [-0.25, -0.2) is 0 Å². The van der Waals surface area contributed by atoms with Crippen molar-refractivity contribution in [3.8, 4) is 0 Å². The van der Waals surface area contributed by atoms with E-state index in [1.807, 2.05) is 0 Å². The number of halogens is 1. The normalized spacial score (nSPS) is 14.3. The van der Waals surface area contributed by atoms with E-state index in [1.165, 1.54) is 0 Å². The van der Waals surface area contributed by atoms with E-state index in [0.29, 0.717) is 6.42 Å². The molecule has 0 N–H and O–H groups in total. The summed E-state index contributed by atoms with van der Waals surface area (Å²) < 4.78 is 4.98. The summed E-state index contributed by atoms with van der Waals surface area (Å²) in [7, 11) is 0. The van der Waals surface area contributed by atoms with Crippen LogP contribution < -0.4 is 0 Å². The SMILES string of the molecule is [CH2]CC(Cl)C(=O)OC(C)(C)C. The van der Waals surface area contributed by atoms with Gasteiger partial charge >= 0.3 is 5.97 Å². The van der Waals surface area contributed by atoms with E-state index in [4.69, 9.17) is 16.3 Å². The molecule has 0 spiro atoms. The zero-order valence-corrected chi connectivity index (χ0v) is 7.94. The van der Waals surface area contributed by atoms with Gasteiger partial charge < -0.3 is 4.74 Å². The molecule has 0 aliphatic heterocycles. The Morgan fingerprint density at radius 3 is 2.36 bits per heavy atom. The third kappa shape index (κ3) is 5.08. The molecule has 0 amide bonds.